The molecular weight excluding hydrogens is 607 g/mol. The monoisotopic (exact) mass is 644 g/mol. The SMILES string of the molecule is COc1ccc2cc1OCC(=O)N[C@@H]1CN(C(=O)c3cccc(N4CCCC4=O)c3)CC[C@H]1Oc1cc(F)cc(c1)CNC(=O)CC2. The van der Waals surface area contributed by atoms with Gasteiger partial charge < -0.3 is 34.6 Å². The van der Waals surface area contributed by atoms with Gasteiger partial charge in [0.1, 0.15) is 17.7 Å². The molecule has 11 nitrogen and oxygen atoms in total. The number of nitrogens with zero attached hydrogens (tertiary/aromatic N) is 2. The average Bonchev–Trinajstić information content (AvgIpc) is 3.51. The van der Waals surface area contributed by atoms with Gasteiger partial charge in [0.25, 0.3) is 11.8 Å². The van der Waals surface area contributed by atoms with Gasteiger partial charge in [-0.05, 0) is 66.4 Å². The van der Waals surface area contributed by atoms with Gasteiger partial charge in [-0.25, -0.2) is 4.39 Å². The number of hydrogen-bond acceptors (Lipinski definition) is 7. The van der Waals surface area contributed by atoms with E-state index in [0.29, 0.717) is 60.7 Å². The Hall–Kier alpha value is -5.13. The maximum Gasteiger partial charge on any atom is 0.258 e. The number of aryl methyl sites for hydroxylation is 1. The smallest absolute Gasteiger partial charge is 0.258 e. The van der Waals surface area contributed by atoms with Crippen LogP contribution in [0.15, 0.2) is 60.7 Å². The number of hydrogen-bond donors (Lipinski definition) is 2. The first kappa shape index (κ1) is 31.8. The summed E-state index contributed by atoms with van der Waals surface area (Å²) in [5.74, 6) is -0.339. The minimum atomic E-state index is -0.661. The third kappa shape index (κ3) is 7.65. The van der Waals surface area contributed by atoms with Crippen molar-refractivity contribution in [2.75, 3.05) is 38.3 Å². The van der Waals surface area contributed by atoms with Crippen LogP contribution >= 0.6 is 0 Å². The lowest BCUT2D eigenvalue weighted by atomic mass is 10.00. The van der Waals surface area contributed by atoms with Gasteiger partial charge in [0.2, 0.25) is 11.8 Å². The molecular formula is C35H37FN4O7. The minimum Gasteiger partial charge on any atom is -0.493 e. The van der Waals surface area contributed by atoms with Gasteiger partial charge in [-0.2, -0.15) is 0 Å². The van der Waals surface area contributed by atoms with Crippen molar-refractivity contribution in [1.29, 1.82) is 0 Å². The minimum absolute atomic E-state index is 0.0296. The Bertz CT molecular complexity index is 1680. The maximum absolute atomic E-state index is 14.7. The zero-order chi connectivity index (χ0) is 32.9. The summed E-state index contributed by atoms with van der Waals surface area (Å²) in [6.07, 6.45) is 1.62. The molecule has 6 rings (SSSR count). The average molecular weight is 645 g/mol. The lowest BCUT2D eigenvalue weighted by molar-refractivity contribution is -0.125. The van der Waals surface area contributed by atoms with E-state index in [-0.39, 0.29) is 49.6 Å². The topological polar surface area (TPSA) is 127 Å². The molecule has 2 fully saturated rings. The molecule has 0 saturated carbocycles. The molecule has 0 aromatic heterocycles. The van der Waals surface area contributed by atoms with Gasteiger partial charge in [-0.15, -0.1) is 0 Å². The van der Waals surface area contributed by atoms with Crippen molar-refractivity contribution in [1.82, 2.24) is 15.5 Å². The van der Waals surface area contributed by atoms with E-state index >= 15 is 0 Å². The fourth-order valence-corrected chi connectivity index (χ4v) is 6.20. The van der Waals surface area contributed by atoms with Crippen molar-refractivity contribution in [3.63, 3.8) is 0 Å². The van der Waals surface area contributed by atoms with Crippen LogP contribution in [0.4, 0.5) is 10.1 Å². The molecule has 0 aliphatic carbocycles. The number of halogens is 1. The predicted octanol–water partition coefficient (Wildman–Crippen LogP) is 3.38. The van der Waals surface area contributed by atoms with Crippen molar-refractivity contribution >= 4 is 29.3 Å². The molecule has 3 heterocycles. The van der Waals surface area contributed by atoms with Crippen molar-refractivity contribution < 1.29 is 37.8 Å². The molecule has 3 aromatic rings. The van der Waals surface area contributed by atoms with E-state index in [4.69, 9.17) is 14.2 Å². The molecule has 246 valence electrons. The molecule has 0 spiro atoms. The first-order valence-corrected chi connectivity index (χ1v) is 15.8. The van der Waals surface area contributed by atoms with Crippen LogP contribution in [-0.2, 0) is 27.3 Å². The Balaban J connectivity index is 1.25. The Kier molecular flexibility index (Phi) is 9.55. The number of amides is 4. The molecule has 0 radical (unpaired) electrons. The first-order chi connectivity index (χ1) is 22.7. The Labute approximate surface area is 272 Å². The number of carbonyl (C=O) groups is 4. The highest BCUT2D eigenvalue weighted by atomic mass is 19.1. The quantitative estimate of drug-likeness (QED) is 0.448. The van der Waals surface area contributed by atoms with Crippen LogP contribution in [0.5, 0.6) is 17.2 Å². The lowest BCUT2D eigenvalue weighted by Crippen LogP contribution is -2.58. The molecule has 47 heavy (non-hydrogen) atoms. The van der Waals surface area contributed by atoms with Gasteiger partial charge in [-0.3, -0.25) is 19.2 Å². The number of benzene rings is 3. The lowest BCUT2D eigenvalue weighted by Gasteiger charge is -2.39. The highest BCUT2D eigenvalue weighted by Gasteiger charge is 2.35. The third-order valence-corrected chi connectivity index (χ3v) is 8.60. The van der Waals surface area contributed by atoms with E-state index in [2.05, 4.69) is 10.6 Å². The summed E-state index contributed by atoms with van der Waals surface area (Å²) in [7, 11) is 1.50. The van der Waals surface area contributed by atoms with Crippen molar-refractivity contribution in [2.45, 2.75) is 50.8 Å². The third-order valence-electron chi connectivity index (χ3n) is 8.60. The number of piperidine rings is 1. The molecule has 2 N–H and O–H groups in total. The summed E-state index contributed by atoms with van der Waals surface area (Å²) in [4.78, 5) is 55.2. The van der Waals surface area contributed by atoms with Gasteiger partial charge >= 0.3 is 0 Å². The molecule has 4 amide bonds. The number of ether oxygens (including phenoxy) is 3. The Morgan fingerprint density at radius 3 is 2.64 bits per heavy atom. The van der Waals surface area contributed by atoms with Crippen molar-refractivity contribution in [3.8, 4) is 17.2 Å². The number of methoxy groups -OCH3 is 1. The number of anilines is 1. The molecule has 2 saturated heterocycles. The predicted molar refractivity (Wildman–Crippen MR) is 170 cm³/mol. The molecule has 3 aliphatic heterocycles. The molecule has 0 unspecified atom stereocenters. The number of carbonyl (C=O) groups excluding carboxylic acids is 4. The number of fused-ring (bicyclic) bond motifs is 5. The zero-order valence-corrected chi connectivity index (χ0v) is 26.1. The van der Waals surface area contributed by atoms with Crippen LogP contribution in [0.1, 0.15) is 47.2 Å². The van der Waals surface area contributed by atoms with Gasteiger partial charge in [0.15, 0.2) is 18.1 Å². The fraction of sp³-hybridized carbons (Fsp3) is 0.371. The first-order valence-electron chi connectivity index (χ1n) is 15.8. The summed E-state index contributed by atoms with van der Waals surface area (Å²) in [5, 5.41) is 5.80. The number of nitrogens with one attached hydrogen (secondary N) is 2. The summed E-state index contributed by atoms with van der Waals surface area (Å²) >= 11 is 0. The Morgan fingerprint density at radius 1 is 0.957 bits per heavy atom. The van der Waals surface area contributed by atoms with E-state index in [1.165, 1.54) is 19.2 Å². The van der Waals surface area contributed by atoms with Crippen LogP contribution in [0.25, 0.3) is 0 Å². The summed E-state index contributed by atoms with van der Waals surface area (Å²) in [6.45, 7) is 0.826. The largest absolute Gasteiger partial charge is 0.493 e. The maximum atomic E-state index is 14.7. The number of likely N-dealkylation sites (tertiary alicyclic amines) is 1. The molecule has 2 atom stereocenters. The van der Waals surface area contributed by atoms with E-state index in [9.17, 15) is 23.6 Å². The Morgan fingerprint density at radius 2 is 1.83 bits per heavy atom. The van der Waals surface area contributed by atoms with Crippen LogP contribution < -0.4 is 29.7 Å². The molecule has 12 heteroatoms. The second kappa shape index (κ2) is 14.1. The fourth-order valence-electron chi connectivity index (χ4n) is 6.20. The number of rotatable bonds is 3. The molecule has 3 aromatic carbocycles. The van der Waals surface area contributed by atoms with Gasteiger partial charge in [0.05, 0.1) is 13.2 Å². The van der Waals surface area contributed by atoms with Gasteiger partial charge in [0, 0.05) is 62.8 Å². The normalized spacial score (nSPS) is 20.5. The summed E-state index contributed by atoms with van der Waals surface area (Å²) in [6, 6.07) is 15.9. The summed E-state index contributed by atoms with van der Waals surface area (Å²) < 4.78 is 32.2. The van der Waals surface area contributed by atoms with Crippen molar-refractivity contribution in [2.24, 2.45) is 0 Å². The summed E-state index contributed by atoms with van der Waals surface area (Å²) in [5.41, 5.74) is 2.45. The van der Waals surface area contributed by atoms with Crippen LogP contribution in [-0.4, -0.2) is 74.0 Å². The molecule has 3 aliphatic rings. The highest BCUT2D eigenvalue weighted by molar-refractivity contribution is 5.99. The highest BCUT2D eigenvalue weighted by Crippen LogP contribution is 2.29. The zero-order valence-electron chi connectivity index (χ0n) is 26.1. The van der Waals surface area contributed by atoms with E-state index < -0.39 is 23.9 Å². The van der Waals surface area contributed by atoms with Crippen molar-refractivity contribution in [3.05, 3.63) is 83.2 Å². The van der Waals surface area contributed by atoms with Crippen LogP contribution in [0.2, 0.25) is 0 Å². The van der Waals surface area contributed by atoms with Crippen LogP contribution in [0.3, 0.4) is 0 Å². The van der Waals surface area contributed by atoms with Gasteiger partial charge in [-0.1, -0.05) is 12.1 Å². The van der Waals surface area contributed by atoms with E-state index in [0.717, 1.165) is 12.0 Å². The molecule has 4 bridgehead atoms. The second-order valence-electron chi connectivity index (χ2n) is 11.9. The van der Waals surface area contributed by atoms with E-state index in [1.807, 2.05) is 12.1 Å². The standard InChI is InChI=1S/C35H37FN4O7/c1-45-30-9-7-22-8-10-32(41)37-19-23-14-25(36)18-27(15-23)47-29-11-13-39(20-28(29)38-33(42)21-46-31(30)16-22)35(44)24-4-2-5-26(17-24)40-12-3-6-34(40)43/h2,4-5,7,9,14-18,28-29H,3,6,8,10-13,19-21H2,1H3,(H,37,41)(H,38,42)/t28-,29-/m1/s1. The van der Waals surface area contributed by atoms with E-state index in [1.54, 1.807) is 46.2 Å². The second-order valence-corrected chi connectivity index (χ2v) is 11.9. The van der Waals surface area contributed by atoms with Crippen LogP contribution in [0, 0.1) is 5.82 Å².